The van der Waals surface area contributed by atoms with Gasteiger partial charge in [0.2, 0.25) is 0 Å². The number of aryl methyl sites for hydroxylation is 2. The Morgan fingerprint density at radius 2 is 1.60 bits per heavy atom. The van der Waals surface area contributed by atoms with E-state index in [1.807, 2.05) is 12.1 Å². The number of halogens is 1. The molecule has 0 aliphatic carbocycles. The number of hydrogen-bond donors (Lipinski definition) is 1. The van der Waals surface area contributed by atoms with Gasteiger partial charge in [-0.1, -0.05) is 55.8 Å². The van der Waals surface area contributed by atoms with Crippen LogP contribution in [0.1, 0.15) is 42.1 Å². The molecular weight excluding hydrogens is 266 g/mol. The van der Waals surface area contributed by atoms with E-state index in [1.54, 1.807) is 0 Å². The Labute approximate surface area is 126 Å². The number of rotatable bonds is 5. The van der Waals surface area contributed by atoms with Gasteiger partial charge in [-0.3, -0.25) is 0 Å². The standard InChI is InChI=1S/C18H22ClN/c1-3-13-5-8-15(4-2)17(11-13)18(20)12-14-6-9-16(19)10-7-14/h5-11,18H,3-4,12,20H2,1-2H3. The van der Waals surface area contributed by atoms with Crippen molar-refractivity contribution in [2.75, 3.05) is 0 Å². The molecule has 0 heterocycles. The molecule has 2 aromatic rings. The zero-order valence-electron chi connectivity index (χ0n) is 12.2. The fourth-order valence-corrected chi connectivity index (χ4v) is 2.64. The molecule has 0 radical (unpaired) electrons. The van der Waals surface area contributed by atoms with Crippen LogP contribution in [0.15, 0.2) is 42.5 Å². The number of benzene rings is 2. The van der Waals surface area contributed by atoms with E-state index < -0.39 is 0 Å². The molecule has 1 unspecified atom stereocenters. The van der Waals surface area contributed by atoms with Crippen LogP contribution in [0, 0.1) is 0 Å². The lowest BCUT2D eigenvalue weighted by Crippen LogP contribution is -2.15. The summed E-state index contributed by atoms with van der Waals surface area (Å²) >= 11 is 5.92. The molecule has 0 saturated heterocycles. The highest BCUT2D eigenvalue weighted by molar-refractivity contribution is 6.30. The van der Waals surface area contributed by atoms with Crippen molar-refractivity contribution in [2.45, 2.75) is 39.2 Å². The Morgan fingerprint density at radius 3 is 2.20 bits per heavy atom. The fraction of sp³-hybridized carbons (Fsp3) is 0.333. The minimum Gasteiger partial charge on any atom is -0.324 e. The lowest BCUT2D eigenvalue weighted by Gasteiger charge is -2.17. The van der Waals surface area contributed by atoms with Gasteiger partial charge in [-0.15, -0.1) is 0 Å². The second kappa shape index (κ2) is 6.92. The van der Waals surface area contributed by atoms with Crippen molar-refractivity contribution in [3.63, 3.8) is 0 Å². The highest BCUT2D eigenvalue weighted by Gasteiger charge is 2.12. The van der Waals surface area contributed by atoms with E-state index in [9.17, 15) is 0 Å². The molecule has 106 valence electrons. The molecule has 0 aromatic heterocycles. The number of hydrogen-bond acceptors (Lipinski definition) is 1. The SMILES string of the molecule is CCc1ccc(CC)c(C(N)Cc2ccc(Cl)cc2)c1. The van der Waals surface area contributed by atoms with Gasteiger partial charge < -0.3 is 5.73 Å². The first-order valence-corrected chi connectivity index (χ1v) is 7.63. The summed E-state index contributed by atoms with van der Waals surface area (Å²) in [6, 6.07) is 14.7. The summed E-state index contributed by atoms with van der Waals surface area (Å²) in [5.41, 5.74) is 11.6. The third-order valence-corrected chi connectivity index (χ3v) is 4.02. The monoisotopic (exact) mass is 287 g/mol. The molecule has 2 aromatic carbocycles. The number of nitrogens with two attached hydrogens (primary N) is 1. The summed E-state index contributed by atoms with van der Waals surface area (Å²) in [5.74, 6) is 0. The lowest BCUT2D eigenvalue weighted by molar-refractivity contribution is 0.710. The first-order valence-electron chi connectivity index (χ1n) is 7.25. The minimum absolute atomic E-state index is 0.0395. The van der Waals surface area contributed by atoms with Gasteiger partial charge in [0.1, 0.15) is 0 Å². The van der Waals surface area contributed by atoms with Crippen molar-refractivity contribution in [3.8, 4) is 0 Å². The summed E-state index contributed by atoms with van der Waals surface area (Å²) in [7, 11) is 0. The molecular formula is C18H22ClN. The first kappa shape index (κ1) is 15.1. The average molecular weight is 288 g/mol. The molecule has 0 fully saturated rings. The van der Waals surface area contributed by atoms with E-state index in [0.717, 1.165) is 24.3 Å². The van der Waals surface area contributed by atoms with Gasteiger partial charge in [-0.25, -0.2) is 0 Å². The zero-order valence-corrected chi connectivity index (χ0v) is 13.0. The summed E-state index contributed by atoms with van der Waals surface area (Å²) in [5, 5.41) is 0.768. The van der Waals surface area contributed by atoms with Crippen LogP contribution in [0.2, 0.25) is 5.02 Å². The molecule has 0 amide bonds. The minimum atomic E-state index is 0.0395. The maximum absolute atomic E-state index is 6.43. The maximum atomic E-state index is 6.43. The van der Waals surface area contributed by atoms with Gasteiger partial charge in [0.05, 0.1) is 0 Å². The van der Waals surface area contributed by atoms with Crippen LogP contribution in [-0.4, -0.2) is 0 Å². The molecule has 2 N–H and O–H groups in total. The fourth-order valence-electron chi connectivity index (χ4n) is 2.52. The van der Waals surface area contributed by atoms with Crippen LogP contribution in [-0.2, 0) is 19.3 Å². The molecule has 0 aliphatic rings. The van der Waals surface area contributed by atoms with Gasteiger partial charge in [0, 0.05) is 11.1 Å². The van der Waals surface area contributed by atoms with Crippen LogP contribution in [0.4, 0.5) is 0 Å². The van der Waals surface area contributed by atoms with Crippen LogP contribution in [0.3, 0.4) is 0 Å². The van der Waals surface area contributed by atoms with Crippen LogP contribution < -0.4 is 5.73 Å². The molecule has 0 bridgehead atoms. The predicted molar refractivity (Wildman–Crippen MR) is 87.3 cm³/mol. The van der Waals surface area contributed by atoms with Gasteiger partial charge in [-0.05, 0) is 53.6 Å². The Hall–Kier alpha value is -1.31. The summed E-state index contributed by atoms with van der Waals surface area (Å²) < 4.78 is 0. The summed E-state index contributed by atoms with van der Waals surface area (Å²) in [6.07, 6.45) is 2.91. The van der Waals surface area contributed by atoms with Crippen LogP contribution >= 0.6 is 11.6 Å². The van der Waals surface area contributed by atoms with E-state index in [2.05, 4.69) is 44.2 Å². The third-order valence-electron chi connectivity index (χ3n) is 3.77. The Balaban J connectivity index is 2.23. The molecule has 0 saturated carbocycles. The van der Waals surface area contributed by atoms with Crippen molar-refractivity contribution in [1.82, 2.24) is 0 Å². The molecule has 1 nitrogen and oxygen atoms in total. The Morgan fingerprint density at radius 1 is 0.950 bits per heavy atom. The van der Waals surface area contributed by atoms with Gasteiger partial charge in [-0.2, -0.15) is 0 Å². The smallest absolute Gasteiger partial charge is 0.0406 e. The second-order valence-corrected chi connectivity index (χ2v) is 5.61. The van der Waals surface area contributed by atoms with E-state index in [4.69, 9.17) is 17.3 Å². The molecule has 20 heavy (non-hydrogen) atoms. The van der Waals surface area contributed by atoms with E-state index in [1.165, 1.54) is 22.3 Å². The lowest BCUT2D eigenvalue weighted by atomic mass is 9.92. The Bertz CT molecular complexity index is 560. The normalized spacial score (nSPS) is 12.4. The topological polar surface area (TPSA) is 26.0 Å². The predicted octanol–water partition coefficient (Wildman–Crippen LogP) is 4.71. The molecule has 1 atom stereocenters. The van der Waals surface area contributed by atoms with E-state index in [-0.39, 0.29) is 6.04 Å². The van der Waals surface area contributed by atoms with Crippen LogP contribution in [0.25, 0.3) is 0 Å². The van der Waals surface area contributed by atoms with Crippen molar-refractivity contribution < 1.29 is 0 Å². The Kier molecular flexibility index (Phi) is 5.22. The van der Waals surface area contributed by atoms with Crippen LogP contribution in [0.5, 0.6) is 0 Å². The third kappa shape index (κ3) is 3.62. The second-order valence-electron chi connectivity index (χ2n) is 5.18. The van der Waals surface area contributed by atoms with Gasteiger partial charge in [0.15, 0.2) is 0 Å². The van der Waals surface area contributed by atoms with E-state index >= 15 is 0 Å². The molecule has 0 spiro atoms. The van der Waals surface area contributed by atoms with E-state index in [0.29, 0.717) is 0 Å². The summed E-state index contributed by atoms with van der Waals surface area (Å²) in [6.45, 7) is 4.36. The summed E-state index contributed by atoms with van der Waals surface area (Å²) in [4.78, 5) is 0. The van der Waals surface area contributed by atoms with Crippen molar-refractivity contribution in [1.29, 1.82) is 0 Å². The largest absolute Gasteiger partial charge is 0.324 e. The highest BCUT2D eigenvalue weighted by Crippen LogP contribution is 2.23. The quantitative estimate of drug-likeness (QED) is 0.847. The molecule has 2 heteroatoms. The van der Waals surface area contributed by atoms with Crippen molar-refractivity contribution >= 4 is 11.6 Å². The zero-order chi connectivity index (χ0) is 14.5. The van der Waals surface area contributed by atoms with Crippen molar-refractivity contribution in [2.24, 2.45) is 5.73 Å². The average Bonchev–Trinajstić information content (AvgIpc) is 2.48. The van der Waals surface area contributed by atoms with Gasteiger partial charge in [0.25, 0.3) is 0 Å². The first-order chi connectivity index (χ1) is 9.63. The molecule has 2 rings (SSSR count). The highest BCUT2D eigenvalue weighted by atomic mass is 35.5. The maximum Gasteiger partial charge on any atom is 0.0406 e. The van der Waals surface area contributed by atoms with Gasteiger partial charge >= 0.3 is 0 Å². The molecule has 0 aliphatic heterocycles. The van der Waals surface area contributed by atoms with Crippen molar-refractivity contribution in [3.05, 3.63) is 69.7 Å².